The zero-order valence-corrected chi connectivity index (χ0v) is 7.08. The molecule has 4 heteroatoms. The first-order chi connectivity index (χ1) is 5.93. The van der Waals surface area contributed by atoms with Gasteiger partial charge in [-0.2, -0.15) is 0 Å². The highest BCUT2D eigenvalue weighted by Gasteiger charge is 1.91. The summed E-state index contributed by atoms with van der Waals surface area (Å²) < 4.78 is 0. The molecule has 0 spiro atoms. The van der Waals surface area contributed by atoms with Gasteiger partial charge in [0.25, 0.3) is 0 Å². The third-order valence-corrected chi connectivity index (χ3v) is 1.63. The summed E-state index contributed by atoms with van der Waals surface area (Å²) in [6.45, 7) is 2.05. The van der Waals surface area contributed by atoms with Crippen molar-refractivity contribution in [3.63, 3.8) is 0 Å². The van der Waals surface area contributed by atoms with E-state index in [9.17, 15) is 0 Å². The number of aromatic nitrogens is 2. The Morgan fingerprint density at radius 2 is 2.42 bits per heavy atom. The summed E-state index contributed by atoms with van der Waals surface area (Å²) >= 11 is 0. The predicted octanol–water partition coefficient (Wildman–Crippen LogP) is 0.272. The number of hydrogen-bond donors (Lipinski definition) is 3. The van der Waals surface area contributed by atoms with Gasteiger partial charge in [0.05, 0.1) is 6.33 Å². The highest BCUT2D eigenvalue weighted by molar-refractivity contribution is 4.92. The Balaban J connectivity index is 1.96. The van der Waals surface area contributed by atoms with Gasteiger partial charge in [0.1, 0.15) is 0 Å². The van der Waals surface area contributed by atoms with Crippen molar-refractivity contribution in [2.24, 2.45) is 0 Å². The minimum Gasteiger partial charge on any atom is -0.396 e. The summed E-state index contributed by atoms with van der Waals surface area (Å²) in [4.78, 5) is 6.91. The molecule has 0 fully saturated rings. The van der Waals surface area contributed by atoms with Gasteiger partial charge in [0, 0.05) is 25.0 Å². The Bertz CT molecular complexity index is 186. The molecule has 0 amide bonds. The highest BCUT2D eigenvalue weighted by atomic mass is 16.2. The maximum atomic E-state index is 8.51. The molecule has 0 aromatic carbocycles. The predicted molar refractivity (Wildman–Crippen MR) is 46.6 cm³/mol. The first kappa shape index (κ1) is 9.22. The Kier molecular flexibility index (Phi) is 4.41. The van der Waals surface area contributed by atoms with Gasteiger partial charge in [-0.3, -0.25) is 0 Å². The van der Waals surface area contributed by atoms with Crippen molar-refractivity contribution in [3.05, 3.63) is 18.2 Å². The average molecular weight is 169 g/mol. The molecule has 0 aliphatic carbocycles. The minimum absolute atomic E-state index is 0.283. The number of nitrogens with one attached hydrogen (secondary N) is 2. The molecule has 0 aliphatic heterocycles. The Hall–Kier alpha value is -0.870. The lowest BCUT2D eigenvalue weighted by molar-refractivity contribution is 0.283. The van der Waals surface area contributed by atoms with Crippen molar-refractivity contribution in [1.29, 1.82) is 0 Å². The van der Waals surface area contributed by atoms with Crippen LogP contribution in [0.1, 0.15) is 18.5 Å². The number of aliphatic hydroxyl groups excluding tert-OH is 1. The SMILES string of the molecule is OCCCCNCc1cnc[nH]1. The van der Waals surface area contributed by atoms with Crippen LogP contribution in [0.15, 0.2) is 12.5 Å². The zero-order chi connectivity index (χ0) is 8.65. The van der Waals surface area contributed by atoms with Gasteiger partial charge in [0.15, 0.2) is 0 Å². The summed E-state index contributed by atoms with van der Waals surface area (Å²) in [5.74, 6) is 0. The molecule has 0 radical (unpaired) electrons. The first-order valence-corrected chi connectivity index (χ1v) is 4.22. The summed E-state index contributed by atoms with van der Waals surface area (Å²) in [6.07, 6.45) is 5.37. The second-order valence-corrected chi connectivity index (χ2v) is 2.68. The van der Waals surface area contributed by atoms with Crippen LogP contribution in [0.2, 0.25) is 0 Å². The second-order valence-electron chi connectivity index (χ2n) is 2.68. The van der Waals surface area contributed by atoms with Crippen LogP contribution in [0.3, 0.4) is 0 Å². The molecule has 0 bridgehead atoms. The quantitative estimate of drug-likeness (QED) is 0.536. The Morgan fingerprint density at radius 1 is 1.50 bits per heavy atom. The van der Waals surface area contributed by atoms with Gasteiger partial charge in [-0.25, -0.2) is 4.98 Å². The average Bonchev–Trinajstić information content (AvgIpc) is 2.57. The third kappa shape index (κ3) is 3.50. The van der Waals surface area contributed by atoms with Crippen molar-refractivity contribution in [2.45, 2.75) is 19.4 Å². The van der Waals surface area contributed by atoms with E-state index < -0.39 is 0 Å². The Labute approximate surface area is 72.0 Å². The molecular formula is C8H15N3O. The molecule has 1 heterocycles. The molecule has 1 rings (SSSR count). The third-order valence-electron chi connectivity index (χ3n) is 1.63. The molecule has 68 valence electrons. The van der Waals surface area contributed by atoms with Gasteiger partial charge >= 0.3 is 0 Å². The van der Waals surface area contributed by atoms with E-state index in [-0.39, 0.29) is 6.61 Å². The smallest absolute Gasteiger partial charge is 0.0922 e. The number of hydrogen-bond acceptors (Lipinski definition) is 3. The largest absolute Gasteiger partial charge is 0.396 e. The molecule has 1 aromatic heterocycles. The van der Waals surface area contributed by atoms with E-state index in [0.29, 0.717) is 0 Å². The van der Waals surface area contributed by atoms with Crippen LogP contribution in [0.5, 0.6) is 0 Å². The van der Waals surface area contributed by atoms with Crippen molar-refractivity contribution < 1.29 is 5.11 Å². The monoisotopic (exact) mass is 169 g/mol. The number of aromatic amines is 1. The normalized spacial score (nSPS) is 10.4. The number of rotatable bonds is 6. The summed E-state index contributed by atoms with van der Waals surface area (Å²) in [7, 11) is 0. The highest BCUT2D eigenvalue weighted by Crippen LogP contribution is 1.90. The van der Waals surface area contributed by atoms with Crippen LogP contribution in [0, 0.1) is 0 Å². The molecule has 3 N–H and O–H groups in total. The van der Waals surface area contributed by atoms with E-state index in [1.165, 1.54) is 0 Å². The molecule has 12 heavy (non-hydrogen) atoms. The van der Waals surface area contributed by atoms with Gasteiger partial charge in [-0.05, 0) is 19.4 Å². The second kappa shape index (κ2) is 5.74. The van der Waals surface area contributed by atoms with Crippen LogP contribution in [-0.4, -0.2) is 28.2 Å². The Morgan fingerprint density at radius 3 is 3.08 bits per heavy atom. The molecule has 0 atom stereocenters. The molecule has 1 aromatic rings. The van der Waals surface area contributed by atoms with Crippen molar-refractivity contribution in [3.8, 4) is 0 Å². The van der Waals surface area contributed by atoms with Crippen molar-refractivity contribution in [2.75, 3.05) is 13.2 Å². The van der Waals surface area contributed by atoms with E-state index in [1.54, 1.807) is 12.5 Å². The van der Waals surface area contributed by atoms with Gasteiger partial charge in [-0.1, -0.05) is 0 Å². The number of imidazole rings is 1. The van der Waals surface area contributed by atoms with Crippen molar-refractivity contribution >= 4 is 0 Å². The maximum Gasteiger partial charge on any atom is 0.0922 e. The van der Waals surface area contributed by atoms with E-state index in [0.717, 1.165) is 31.6 Å². The lowest BCUT2D eigenvalue weighted by Crippen LogP contribution is -2.15. The molecule has 0 aliphatic rings. The minimum atomic E-state index is 0.283. The van der Waals surface area contributed by atoms with E-state index >= 15 is 0 Å². The number of unbranched alkanes of at least 4 members (excludes halogenated alkanes) is 1. The standard InChI is InChI=1S/C8H15N3O/c12-4-2-1-3-9-5-8-6-10-7-11-8/h6-7,9,12H,1-5H2,(H,10,11). The number of aliphatic hydroxyl groups is 1. The molecule has 0 unspecified atom stereocenters. The lowest BCUT2D eigenvalue weighted by atomic mass is 10.3. The fourth-order valence-electron chi connectivity index (χ4n) is 0.966. The number of nitrogens with zero attached hydrogens (tertiary/aromatic N) is 1. The van der Waals surface area contributed by atoms with Crippen LogP contribution in [-0.2, 0) is 6.54 Å². The fraction of sp³-hybridized carbons (Fsp3) is 0.625. The molecule has 0 saturated heterocycles. The number of H-pyrrole nitrogens is 1. The summed E-state index contributed by atoms with van der Waals surface area (Å²) in [5, 5.41) is 11.7. The van der Waals surface area contributed by atoms with Gasteiger partial charge in [0.2, 0.25) is 0 Å². The van der Waals surface area contributed by atoms with Crippen LogP contribution in [0.4, 0.5) is 0 Å². The molecule has 4 nitrogen and oxygen atoms in total. The summed E-state index contributed by atoms with van der Waals surface area (Å²) in [6, 6.07) is 0. The van der Waals surface area contributed by atoms with E-state index in [1.807, 2.05) is 0 Å². The van der Waals surface area contributed by atoms with Crippen LogP contribution >= 0.6 is 0 Å². The van der Waals surface area contributed by atoms with Crippen molar-refractivity contribution in [1.82, 2.24) is 15.3 Å². The van der Waals surface area contributed by atoms with Gasteiger partial charge < -0.3 is 15.4 Å². The lowest BCUT2D eigenvalue weighted by Gasteiger charge is -2.00. The topological polar surface area (TPSA) is 60.9 Å². The maximum absolute atomic E-state index is 8.51. The van der Waals surface area contributed by atoms with Crippen LogP contribution < -0.4 is 5.32 Å². The van der Waals surface area contributed by atoms with Gasteiger partial charge in [-0.15, -0.1) is 0 Å². The first-order valence-electron chi connectivity index (χ1n) is 4.22. The van der Waals surface area contributed by atoms with Crippen LogP contribution in [0.25, 0.3) is 0 Å². The molecule has 0 saturated carbocycles. The van der Waals surface area contributed by atoms with E-state index in [4.69, 9.17) is 5.11 Å². The van der Waals surface area contributed by atoms with E-state index in [2.05, 4.69) is 15.3 Å². The fourth-order valence-corrected chi connectivity index (χ4v) is 0.966. The summed E-state index contributed by atoms with van der Waals surface area (Å²) in [5.41, 5.74) is 1.10. The molecular weight excluding hydrogens is 154 g/mol. The zero-order valence-electron chi connectivity index (χ0n) is 7.08.